The van der Waals surface area contributed by atoms with E-state index in [1.807, 2.05) is 0 Å². The molecule has 2 aromatic rings. The summed E-state index contributed by atoms with van der Waals surface area (Å²) < 4.78 is 10.5. The number of rotatable bonds is 5. The normalized spacial score (nSPS) is 13.5. The Morgan fingerprint density at radius 3 is 2.60 bits per heavy atom. The Balaban J connectivity index is 1.75. The van der Waals surface area contributed by atoms with Crippen LogP contribution < -0.4 is 9.47 Å². The molecular formula is C19H20N2O4. The van der Waals surface area contributed by atoms with Crippen LogP contribution in [0.2, 0.25) is 0 Å². The van der Waals surface area contributed by atoms with E-state index >= 15 is 0 Å². The van der Waals surface area contributed by atoms with Gasteiger partial charge >= 0.3 is 0 Å². The SMILES string of the molecule is COc1ccc(OC)c(CC(=O)N2CCC(c3ccc(O)cc3)=N2)c1. The van der Waals surface area contributed by atoms with E-state index in [9.17, 15) is 9.90 Å². The Morgan fingerprint density at radius 2 is 1.92 bits per heavy atom. The monoisotopic (exact) mass is 340 g/mol. The average molecular weight is 340 g/mol. The second kappa shape index (κ2) is 7.25. The molecule has 1 aliphatic heterocycles. The number of nitrogens with zero attached hydrogens (tertiary/aromatic N) is 2. The second-order valence-electron chi connectivity index (χ2n) is 5.72. The molecule has 1 heterocycles. The summed E-state index contributed by atoms with van der Waals surface area (Å²) in [6.07, 6.45) is 0.874. The smallest absolute Gasteiger partial charge is 0.247 e. The molecule has 0 atom stereocenters. The van der Waals surface area contributed by atoms with Gasteiger partial charge in [-0.2, -0.15) is 5.10 Å². The van der Waals surface area contributed by atoms with E-state index < -0.39 is 0 Å². The van der Waals surface area contributed by atoms with E-state index in [4.69, 9.17) is 9.47 Å². The number of aromatic hydroxyl groups is 1. The van der Waals surface area contributed by atoms with Gasteiger partial charge in [-0.15, -0.1) is 0 Å². The van der Waals surface area contributed by atoms with Gasteiger partial charge < -0.3 is 14.6 Å². The Morgan fingerprint density at radius 1 is 1.16 bits per heavy atom. The van der Waals surface area contributed by atoms with E-state index in [-0.39, 0.29) is 18.1 Å². The lowest BCUT2D eigenvalue weighted by atomic mass is 10.1. The van der Waals surface area contributed by atoms with Crippen molar-refractivity contribution in [1.82, 2.24) is 5.01 Å². The molecule has 25 heavy (non-hydrogen) atoms. The summed E-state index contributed by atoms with van der Waals surface area (Å²) in [6.45, 7) is 0.543. The molecule has 0 spiro atoms. The number of hydrogen-bond donors (Lipinski definition) is 1. The zero-order valence-corrected chi connectivity index (χ0v) is 14.2. The molecular weight excluding hydrogens is 320 g/mol. The number of benzene rings is 2. The number of ether oxygens (including phenoxy) is 2. The first-order chi connectivity index (χ1) is 12.1. The van der Waals surface area contributed by atoms with Crippen LogP contribution in [0.5, 0.6) is 17.2 Å². The van der Waals surface area contributed by atoms with Crippen molar-refractivity contribution in [3.8, 4) is 17.2 Å². The van der Waals surface area contributed by atoms with Gasteiger partial charge in [-0.1, -0.05) is 0 Å². The molecule has 6 nitrogen and oxygen atoms in total. The highest BCUT2D eigenvalue weighted by Crippen LogP contribution is 2.25. The molecule has 0 saturated heterocycles. The number of hydrogen-bond acceptors (Lipinski definition) is 5. The molecule has 6 heteroatoms. The third-order valence-corrected chi connectivity index (χ3v) is 4.12. The van der Waals surface area contributed by atoms with Crippen molar-refractivity contribution < 1.29 is 19.4 Å². The first kappa shape index (κ1) is 16.8. The van der Waals surface area contributed by atoms with E-state index in [2.05, 4.69) is 5.10 Å². The number of methoxy groups -OCH3 is 2. The maximum atomic E-state index is 12.6. The van der Waals surface area contributed by atoms with Gasteiger partial charge in [0.25, 0.3) is 0 Å². The highest BCUT2D eigenvalue weighted by atomic mass is 16.5. The Hall–Kier alpha value is -3.02. The van der Waals surface area contributed by atoms with Crippen LogP contribution >= 0.6 is 0 Å². The van der Waals surface area contributed by atoms with Gasteiger partial charge in [-0.25, -0.2) is 5.01 Å². The summed E-state index contributed by atoms with van der Waals surface area (Å²) >= 11 is 0. The summed E-state index contributed by atoms with van der Waals surface area (Å²) in [6, 6.07) is 12.2. The summed E-state index contributed by atoms with van der Waals surface area (Å²) in [5, 5.41) is 15.3. The summed E-state index contributed by atoms with van der Waals surface area (Å²) in [4.78, 5) is 12.6. The lowest BCUT2D eigenvalue weighted by Gasteiger charge is -2.14. The van der Waals surface area contributed by atoms with E-state index in [1.54, 1.807) is 56.7 Å². The summed E-state index contributed by atoms with van der Waals surface area (Å²) in [5.41, 5.74) is 2.51. The van der Waals surface area contributed by atoms with E-state index in [0.29, 0.717) is 24.5 Å². The first-order valence-corrected chi connectivity index (χ1v) is 7.99. The number of amides is 1. The van der Waals surface area contributed by atoms with Crippen LogP contribution in [0.1, 0.15) is 17.5 Å². The number of phenolic OH excluding ortho intramolecular Hbond substituents is 1. The highest BCUT2D eigenvalue weighted by molar-refractivity contribution is 6.02. The highest BCUT2D eigenvalue weighted by Gasteiger charge is 2.22. The fourth-order valence-corrected chi connectivity index (χ4v) is 2.77. The maximum absolute atomic E-state index is 12.6. The number of hydrazone groups is 1. The molecule has 1 amide bonds. The van der Waals surface area contributed by atoms with E-state index in [0.717, 1.165) is 16.8 Å². The molecule has 2 aromatic carbocycles. The van der Waals surface area contributed by atoms with Crippen LogP contribution in [-0.2, 0) is 11.2 Å². The van der Waals surface area contributed by atoms with Crippen molar-refractivity contribution >= 4 is 11.6 Å². The maximum Gasteiger partial charge on any atom is 0.247 e. The van der Waals surface area contributed by atoms with Crippen molar-refractivity contribution in [1.29, 1.82) is 0 Å². The van der Waals surface area contributed by atoms with Gasteiger partial charge in [0.15, 0.2) is 0 Å². The van der Waals surface area contributed by atoms with E-state index in [1.165, 1.54) is 5.01 Å². The minimum Gasteiger partial charge on any atom is -0.508 e. The third kappa shape index (κ3) is 3.74. The van der Waals surface area contributed by atoms with Gasteiger partial charge in [-0.3, -0.25) is 4.79 Å². The quantitative estimate of drug-likeness (QED) is 0.908. The molecule has 0 fully saturated rings. The number of carbonyl (C=O) groups excluding carboxylic acids is 1. The van der Waals surface area contributed by atoms with Crippen molar-refractivity contribution in [2.75, 3.05) is 20.8 Å². The van der Waals surface area contributed by atoms with Crippen molar-refractivity contribution in [2.45, 2.75) is 12.8 Å². The molecule has 0 radical (unpaired) electrons. The van der Waals surface area contributed by atoms with Crippen LogP contribution in [0.15, 0.2) is 47.6 Å². The predicted molar refractivity (Wildman–Crippen MR) is 94.2 cm³/mol. The third-order valence-electron chi connectivity index (χ3n) is 4.12. The summed E-state index contributed by atoms with van der Waals surface area (Å²) in [5.74, 6) is 1.44. The van der Waals surface area contributed by atoms with Gasteiger partial charge in [0.05, 0.1) is 32.9 Å². The minimum atomic E-state index is -0.0969. The van der Waals surface area contributed by atoms with Crippen molar-refractivity contribution in [3.63, 3.8) is 0 Å². The second-order valence-corrected chi connectivity index (χ2v) is 5.72. The van der Waals surface area contributed by atoms with Crippen LogP contribution in [0.25, 0.3) is 0 Å². The van der Waals surface area contributed by atoms with Crippen molar-refractivity contribution in [3.05, 3.63) is 53.6 Å². The lowest BCUT2D eigenvalue weighted by molar-refractivity contribution is -0.130. The molecule has 1 N–H and O–H groups in total. The Labute approximate surface area is 146 Å². The minimum absolute atomic E-state index is 0.0969. The molecule has 3 rings (SSSR count). The number of phenols is 1. The van der Waals surface area contributed by atoms with Crippen LogP contribution in [-0.4, -0.2) is 42.5 Å². The first-order valence-electron chi connectivity index (χ1n) is 7.99. The standard InChI is InChI=1S/C19H20N2O4/c1-24-16-7-8-18(25-2)14(11-16)12-19(23)21-10-9-17(20-21)13-3-5-15(22)6-4-13/h3-8,11,22H,9-10,12H2,1-2H3. The average Bonchev–Trinajstić information content (AvgIpc) is 3.12. The molecule has 0 unspecified atom stereocenters. The number of carbonyl (C=O) groups is 1. The van der Waals surface area contributed by atoms with Crippen LogP contribution in [0.3, 0.4) is 0 Å². The molecule has 0 aliphatic carbocycles. The van der Waals surface area contributed by atoms with Crippen LogP contribution in [0.4, 0.5) is 0 Å². The summed E-state index contributed by atoms with van der Waals surface area (Å²) in [7, 11) is 3.16. The Bertz CT molecular complexity index is 800. The van der Waals surface area contributed by atoms with Gasteiger partial charge in [-0.05, 0) is 48.0 Å². The Kier molecular flexibility index (Phi) is 4.88. The molecule has 0 aromatic heterocycles. The molecule has 1 aliphatic rings. The van der Waals surface area contributed by atoms with Crippen molar-refractivity contribution in [2.24, 2.45) is 5.10 Å². The fourth-order valence-electron chi connectivity index (χ4n) is 2.77. The van der Waals surface area contributed by atoms with Gasteiger partial charge in [0, 0.05) is 12.0 Å². The zero-order valence-electron chi connectivity index (χ0n) is 14.2. The fraction of sp³-hybridized carbons (Fsp3) is 0.263. The largest absolute Gasteiger partial charge is 0.508 e. The topological polar surface area (TPSA) is 71.4 Å². The molecule has 0 bridgehead atoms. The molecule has 130 valence electrons. The van der Waals surface area contributed by atoms with Gasteiger partial charge in [0.2, 0.25) is 5.91 Å². The van der Waals surface area contributed by atoms with Gasteiger partial charge in [0.1, 0.15) is 17.2 Å². The predicted octanol–water partition coefficient (Wildman–Crippen LogP) is 2.59. The lowest BCUT2D eigenvalue weighted by Crippen LogP contribution is -2.25. The zero-order chi connectivity index (χ0) is 17.8. The molecule has 0 saturated carbocycles. The van der Waals surface area contributed by atoms with Crippen LogP contribution in [0, 0.1) is 0 Å².